The smallest absolute Gasteiger partial charge is 0.0533 e. The van der Waals surface area contributed by atoms with Gasteiger partial charge < -0.3 is 10.6 Å². The van der Waals surface area contributed by atoms with Gasteiger partial charge in [-0.25, -0.2) is 0 Å². The van der Waals surface area contributed by atoms with Gasteiger partial charge in [-0.05, 0) is 68.2 Å². The van der Waals surface area contributed by atoms with Gasteiger partial charge in [-0.15, -0.1) is 0 Å². The predicted molar refractivity (Wildman–Crippen MR) is 92.3 cm³/mol. The molecule has 0 aromatic carbocycles. The molecule has 2 aliphatic rings. The molecule has 21 heavy (non-hydrogen) atoms. The third kappa shape index (κ3) is 4.79. The topological polar surface area (TPSA) is 36.4 Å². The van der Waals surface area contributed by atoms with Gasteiger partial charge in [0.15, 0.2) is 0 Å². The standard InChI is InChI=1S/C18H35N3/c1-15(2)9-13(10-16(3,4)20-15)19-14-11-17(5,6)21-18(7,8)12-14/h13,20-21H,9-12H2,1-8H3. The van der Waals surface area contributed by atoms with Crippen LogP contribution in [0, 0.1) is 0 Å². The second-order valence-electron chi connectivity index (χ2n) is 9.90. The number of nitrogens with zero attached hydrogens (tertiary/aromatic N) is 1. The van der Waals surface area contributed by atoms with E-state index in [1.165, 1.54) is 5.71 Å². The van der Waals surface area contributed by atoms with Gasteiger partial charge in [0.05, 0.1) is 6.04 Å². The van der Waals surface area contributed by atoms with Crippen LogP contribution in [0.3, 0.4) is 0 Å². The van der Waals surface area contributed by atoms with Crippen molar-refractivity contribution in [3.63, 3.8) is 0 Å². The number of nitrogens with one attached hydrogen (secondary N) is 2. The highest BCUT2D eigenvalue weighted by Gasteiger charge is 2.39. The van der Waals surface area contributed by atoms with Crippen LogP contribution in [-0.4, -0.2) is 33.9 Å². The molecule has 0 amide bonds. The molecule has 0 saturated carbocycles. The van der Waals surface area contributed by atoms with E-state index in [-0.39, 0.29) is 22.2 Å². The molecule has 0 aliphatic carbocycles. The lowest BCUT2D eigenvalue weighted by molar-refractivity contribution is 0.163. The van der Waals surface area contributed by atoms with Gasteiger partial charge in [0, 0.05) is 40.7 Å². The van der Waals surface area contributed by atoms with Crippen molar-refractivity contribution in [3.8, 4) is 0 Å². The highest BCUT2D eigenvalue weighted by molar-refractivity contribution is 5.87. The Labute approximate surface area is 131 Å². The molecule has 2 aliphatic heterocycles. The van der Waals surface area contributed by atoms with Crippen molar-refractivity contribution >= 4 is 5.71 Å². The highest BCUT2D eigenvalue weighted by Crippen LogP contribution is 2.33. The lowest BCUT2D eigenvalue weighted by atomic mass is 9.78. The first-order valence-electron chi connectivity index (χ1n) is 8.42. The molecule has 0 atom stereocenters. The molecule has 0 aromatic heterocycles. The van der Waals surface area contributed by atoms with Gasteiger partial charge in [-0.3, -0.25) is 4.99 Å². The Morgan fingerprint density at radius 2 is 1.10 bits per heavy atom. The van der Waals surface area contributed by atoms with Gasteiger partial charge in [-0.1, -0.05) is 0 Å². The minimum atomic E-state index is 0.151. The quantitative estimate of drug-likeness (QED) is 0.774. The minimum absolute atomic E-state index is 0.151. The molecule has 0 bridgehead atoms. The van der Waals surface area contributed by atoms with Crippen LogP contribution in [0.1, 0.15) is 81.1 Å². The Bertz CT molecular complexity index is 396. The predicted octanol–water partition coefficient (Wildman–Crippen LogP) is 3.68. The molecule has 2 rings (SSSR count). The van der Waals surface area contributed by atoms with Crippen molar-refractivity contribution in [1.29, 1.82) is 0 Å². The summed E-state index contributed by atoms with van der Waals surface area (Å²) in [4.78, 5) is 5.21. The molecule has 0 aromatic rings. The van der Waals surface area contributed by atoms with Gasteiger partial charge in [-0.2, -0.15) is 0 Å². The summed E-state index contributed by atoms with van der Waals surface area (Å²) in [6.45, 7) is 18.4. The van der Waals surface area contributed by atoms with Crippen LogP contribution in [0.5, 0.6) is 0 Å². The molecule has 3 heteroatoms. The Kier molecular flexibility index (Phi) is 4.08. The van der Waals surface area contributed by atoms with Crippen molar-refractivity contribution in [2.75, 3.05) is 0 Å². The summed E-state index contributed by atoms with van der Waals surface area (Å²) >= 11 is 0. The Hall–Kier alpha value is -0.410. The third-order valence-corrected chi connectivity index (χ3v) is 4.50. The highest BCUT2D eigenvalue weighted by atomic mass is 15.1. The molecular weight excluding hydrogens is 258 g/mol. The average Bonchev–Trinajstić information content (AvgIpc) is 2.04. The Morgan fingerprint density at radius 3 is 1.52 bits per heavy atom. The average molecular weight is 293 g/mol. The van der Waals surface area contributed by atoms with Crippen LogP contribution >= 0.6 is 0 Å². The normalized spacial score (nSPS) is 31.0. The SMILES string of the molecule is CC1(C)CC(=NC2CC(C)(C)NC(C)(C)C2)CC(C)(C)N1. The summed E-state index contributed by atoms with van der Waals surface area (Å²) in [7, 11) is 0. The zero-order valence-corrected chi connectivity index (χ0v) is 15.4. The van der Waals surface area contributed by atoms with E-state index in [9.17, 15) is 0 Å². The number of hydrogen-bond acceptors (Lipinski definition) is 3. The molecule has 2 N–H and O–H groups in total. The molecule has 2 heterocycles. The summed E-state index contributed by atoms with van der Waals surface area (Å²) in [6.07, 6.45) is 4.41. The van der Waals surface area contributed by atoms with E-state index in [2.05, 4.69) is 66.0 Å². The monoisotopic (exact) mass is 293 g/mol. The second kappa shape index (κ2) is 5.06. The first-order chi connectivity index (χ1) is 9.28. The van der Waals surface area contributed by atoms with Crippen LogP contribution in [0.15, 0.2) is 4.99 Å². The number of rotatable bonds is 1. The zero-order chi connectivity index (χ0) is 16.1. The molecule has 0 unspecified atom stereocenters. The van der Waals surface area contributed by atoms with Crippen molar-refractivity contribution in [2.24, 2.45) is 4.99 Å². The van der Waals surface area contributed by atoms with Crippen molar-refractivity contribution in [2.45, 2.75) is 109 Å². The van der Waals surface area contributed by atoms with E-state index in [4.69, 9.17) is 4.99 Å². The Morgan fingerprint density at radius 1 is 0.714 bits per heavy atom. The van der Waals surface area contributed by atoms with E-state index in [0.29, 0.717) is 6.04 Å². The van der Waals surface area contributed by atoms with Gasteiger partial charge in [0.1, 0.15) is 0 Å². The molecular formula is C18H35N3. The van der Waals surface area contributed by atoms with Gasteiger partial charge in [0.25, 0.3) is 0 Å². The molecule has 0 radical (unpaired) electrons. The molecule has 3 nitrogen and oxygen atoms in total. The van der Waals surface area contributed by atoms with E-state index in [1.807, 2.05) is 0 Å². The van der Waals surface area contributed by atoms with Crippen LogP contribution in [0.2, 0.25) is 0 Å². The van der Waals surface area contributed by atoms with Crippen LogP contribution in [-0.2, 0) is 0 Å². The largest absolute Gasteiger partial charge is 0.307 e. The van der Waals surface area contributed by atoms with Crippen LogP contribution in [0.4, 0.5) is 0 Å². The minimum Gasteiger partial charge on any atom is -0.307 e. The van der Waals surface area contributed by atoms with E-state index < -0.39 is 0 Å². The lowest BCUT2D eigenvalue weighted by Gasteiger charge is -2.47. The molecule has 122 valence electrons. The molecule has 2 fully saturated rings. The maximum Gasteiger partial charge on any atom is 0.0533 e. The fraction of sp³-hybridized carbons (Fsp3) is 0.944. The third-order valence-electron chi connectivity index (χ3n) is 4.50. The lowest BCUT2D eigenvalue weighted by Crippen LogP contribution is -2.60. The zero-order valence-electron chi connectivity index (χ0n) is 15.4. The van der Waals surface area contributed by atoms with Crippen molar-refractivity contribution < 1.29 is 0 Å². The molecule has 0 spiro atoms. The van der Waals surface area contributed by atoms with Gasteiger partial charge >= 0.3 is 0 Å². The maximum atomic E-state index is 5.21. The van der Waals surface area contributed by atoms with Crippen LogP contribution < -0.4 is 10.6 Å². The molecule has 2 saturated heterocycles. The number of aliphatic imine (C=N–C) groups is 1. The summed E-state index contributed by atoms with van der Waals surface area (Å²) in [5, 5.41) is 7.49. The first-order valence-corrected chi connectivity index (χ1v) is 8.42. The second-order valence-corrected chi connectivity index (χ2v) is 9.90. The fourth-order valence-electron chi connectivity index (χ4n) is 4.80. The summed E-state index contributed by atoms with van der Waals surface area (Å²) in [5.74, 6) is 0. The Balaban J connectivity index is 2.18. The summed E-state index contributed by atoms with van der Waals surface area (Å²) < 4.78 is 0. The van der Waals surface area contributed by atoms with Crippen molar-refractivity contribution in [1.82, 2.24) is 10.6 Å². The maximum absolute atomic E-state index is 5.21. The van der Waals surface area contributed by atoms with Gasteiger partial charge in [0.2, 0.25) is 0 Å². The van der Waals surface area contributed by atoms with E-state index in [1.54, 1.807) is 0 Å². The summed E-state index contributed by atoms with van der Waals surface area (Å²) in [6, 6.07) is 0.455. The first kappa shape index (κ1) is 17.0. The summed E-state index contributed by atoms with van der Waals surface area (Å²) in [5.41, 5.74) is 2.06. The van der Waals surface area contributed by atoms with E-state index in [0.717, 1.165) is 25.7 Å². The number of hydrogen-bond donors (Lipinski definition) is 2. The number of piperidine rings is 2. The van der Waals surface area contributed by atoms with Crippen molar-refractivity contribution in [3.05, 3.63) is 0 Å². The van der Waals surface area contributed by atoms with Crippen LogP contribution in [0.25, 0.3) is 0 Å². The van der Waals surface area contributed by atoms with E-state index >= 15 is 0 Å². The fourth-order valence-corrected chi connectivity index (χ4v) is 4.80.